The SMILES string of the molecule is N#Cc1ccc(C(O)CN2CC3CCCC3C2)cc1. The van der Waals surface area contributed by atoms with E-state index in [1.807, 2.05) is 12.1 Å². The smallest absolute Gasteiger partial charge is 0.0991 e. The summed E-state index contributed by atoms with van der Waals surface area (Å²) in [5.74, 6) is 1.74. The third-order valence-electron chi connectivity index (χ3n) is 4.66. The van der Waals surface area contributed by atoms with E-state index in [-0.39, 0.29) is 0 Å². The fourth-order valence-electron chi connectivity index (χ4n) is 3.61. The van der Waals surface area contributed by atoms with Gasteiger partial charge in [-0.05, 0) is 42.4 Å². The first-order valence-electron chi connectivity index (χ1n) is 7.17. The molecule has 0 bridgehead atoms. The van der Waals surface area contributed by atoms with Gasteiger partial charge in [-0.25, -0.2) is 0 Å². The van der Waals surface area contributed by atoms with E-state index in [9.17, 15) is 5.11 Å². The Balaban J connectivity index is 1.59. The molecular formula is C16H20N2O. The number of rotatable bonds is 3. The lowest BCUT2D eigenvalue weighted by Gasteiger charge is -2.21. The van der Waals surface area contributed by atoms with Crippen LogP contribution in [0.25, 0.3) is 0 Å². The molecule has 1 heterocycles. The Morgan fingerprint density at radius 2 is 1.84 bits per heavy atom. The van der Waals surface area contributed by atoms with E-state index in [2.05, 4.69) is 11.0 Å². The topological polar surface area (TPSA) is 47.3 Å². The highest BCUT2D eigenvalue weighted by Crippen LogP contribution is 2.38. The Labute approximate surface area is 114 Å². The number of aliphatic hydroxyl groups excluding tert-OH is 1. The molecule has 0 aromatic heterocycles. The number of fused-ring (bicyclic) bond motifs is 1. The van der Waals surface area contributed by atoms with Gasteiger partial charge in [0.05, 0.1) is 17.7 Å². The first-order valence-corrected chi connectivity index (χ1v) is 7.17. The molecule has 0 amide bonds. The molecule has 100 valence electrons. The monoisotopic (exact) mass is 256 g/mol. The lowest BCUT2D eigenvalue weighted by molar-refractivity contribution is 0.122. The molecule has 1 aliphatic carbocycles. The molecule has 0 spiro atoms. The Bertz CT molecular complexity index is 465. The third kappa shape index (κ3) is 2.65. The number of aliphatic hydroxyl groups is 1. The molecule has 3 rings (SSSR count). The van der Waals surface area contributed by atoms with E-state index in [1.165, 1.54) is 19.3 Å². The van der Waals surface area contributed by atoms with Crippen molar-refractivity contribution >= 4 is 0 Å². The van der Waals surface area contributed by atoms with Gasteiger partial charge in [0.1, 0.15) is 0 Å². The normalized spacial score (nSPS) is 28.0. The van der Waals surface area contributed by atoms with Crippen molar-refractivity contribution in [2.45, 2.75) is 25.4 Å². The molecule has 1 saturated carbocycles. The predicted molar refractivity (Wildman–Crippen MR) is 73.4 cm³/mol. The van der Waals surface area contributed by atoms with Crippen LogP contribution in [0.5, 0.6) is 0 Å². The molecule has 1 aromatic rings. The van der Waals surface area contributed by atoms with Crippen LogP contribution in [0, 0.1) is 23.2 Å². The molecule has 3 nitrogen and oxygen atoms in total. The first kappa shape index (κ1) is 12.7. The molecule has 3 unspecified atom stereocenters. The van der Waals surface area contributed by atoms with Crippen LogP contribution >= 0.6 is 0 Å². The first-order chi connectivity index (χ1) is 9.26. The molecule has 0 radical (unpaired) electrons. The van der Waals surface area contributed by atoms with Crippen LogP contribution in [-0.4, -0.2) is 29.6 Å². The van der Waals surface area contributed by atoms with Gasteiger partial charge in [0.25, 0.3) is 0 Å². The lowest BCUT2D eigenvalue weighted by Crippen LogP contribution is -2.27. The van der Waals surface area contributed by atoms with Gasteiger partial charge in [-0.2, -0.15) is 5.26 Å². The molecule has 3 heteroatoms. The summed E-state index contributed by atoms with van der Waals surface area (Å²) in [6, 6.07) is 9.37. The summed E-state index contributed by atoms with van der Waals surface area (Å²) >= 11 is 0. The standard InChI is InChI=1S/C16H20N2O/c17-8-12-4-6-13(7-5-12)16(19)11-18-9-14-2-1-3-15(14)10-18/h4-7,14-16,19H,1-3,9-11H2. The molecule has 2 aliphatic rings. The van der Waals surface area contributed by atoms with Crippen LogP contribution in [0.3, 0.4) is 0 Å². The van der Waals surface area contributed by atoms with Crippen LogP contribution < -0.4 is 0 Å². The fraction of sp³-hybridized carbons (Fsp3) is 0.562. The summed E-state index contributed by atoms with van der Waals surface area (Å²) in [5, 5.41) is 19.1. The maximum atomic E-state index is 10.3. The fourth-order valence-corrected chi connectivity index (χ4v) is 3.61. The summed E-state index contributed by atoms with van der Waals surface area (Å²) in [6.45, 7) is 3.02. The highest BCUT2D eigenvalue weighted by Gasteiger charge is 2.36. The van der Waals surface area contributed by atoms with E-state index >= 15 is 0 Å². The summed E-state index contributed by atoms with van der Waals surface area (Å²) in [5.41, 5.74) is 1.56. The predicted octanol–water partition coefficient (Wildman–Crippen LogP) is 2.32. The van der Waals surface area contributed by atoms with Crippen molar-refractivity contribution in [3.05, 3.63) is 35.4 Å². The van der Waals surface area contributed by atoms with Crippen LogP contribution in [0.15, 0.2) is 24.3 Å². The van der Waals surface area contributed by atoms with Crippen molar-refractivity contribution in [2.75, 3.05) is 19.6 Å². The zero-order valence-electron chi connectivity index (χ0n) is 11.1. The van der Waals surface area contributed by atoms with Gasteiger partial charge in [0, 0.05) is 19.6 Å². The zero-order chi connectivity index (χ0) is 13.2. The van der Waals surface area contributed by atoms with Gasteiger partial charge in [-0.1, -0.05) is 18.6 Å². The Hall–Kier alpha value is -1.37. The number of benzene rings is 1. The second kappa shape index (κ2) is 5.32. The van der Waals surface area contributed by atoms with E-state index in [4.69, 9.17) is 5.26 Å². The van der Waals surface area contributed by atoms with Crippen molar-refractivity contribution in [3.63, 3.8) is 0 Å². The molecule has 2 fully saturated rings. The van der Waals surface area contributed by atoms with E-state index in [0.29, 0.717) is 5.56 Å². The number of β-amino-alcohol motifs (C(OH)–C–C–N with tert-alkyl or cyclic N) is 1. The maximum absolute atomic E-state index is 10.3. The molecule has 1 N–H and O–H groups in total. The quantitative estimate of drug-likeness (QED) is 0.903. The van der Waals surface area contributed by atoms with E-state index in [0.717, 1.165) is 37.0 Å². The minimum atomic E-state index is -0.438. The molecule has 1 aliphatic heterocycles. The second-order valence-electron chi connectivity index (χ2n) is 5.92. The van der Waals surface area contributed by atoms with Gasteiger partial charge in [-0.15, -0.1) is 0 Å². The zero-order valence-corrected chi connectivity index (χ0v) is 11.1. The third-order valence-corrected chi connectivity index (χ3v) is 4.66. The molecular weight excluding hydrogens is 236 g/mol. The van der Waals surface area contributed by atoms with Gasteiger partial charge < -0.3 is 5.11 Å². The highest BCUT2D eigenvalue weighted by atomic mass is 16.3. The van der Waals surface area contributed by atoms with Crippen molar-refractivity contribution in [1.82, 2.24) is 4.90 Å². The van der Waals surface area contributed by atoms with Crippen LogP contribution in [0.1, 0.15) is 36.5 Å². The molecule has 1 aromatic carbocycles. The molecule has 1 saturated heterocycles. The van der Waals surface area contributed by atoms with Crippen LogP contribution in [0.4, 0.5) is 0 Å². The average Bonchev–Trinajstić information content (AvgIpc) is 2.99. The number of nitriles is 1. The van der Waals surface area contributed by atoms with Crippen molar-refractivity contribution in [2.24, 2.45) is 11.8 Å². The number of hydrogen-bond donors (Lipinski definition) is 1. The molecule has 3 atom stereocenters. The Morgan fingerprint density at radius 1 is 1.21 bits per heavy atom. The Morgan fingerprint density at radius 3 is 2.42 bits per heavy atom. The lowest BCUT2D eigenvalue weighted by atomic mass is 10.0. The largest absolute Gasteiger partial charge is 0.387 e. The van der Waals surface area contributed by atoms with E-state index < -0.39 is 6.10 Å². The Kier molecular flexibility index (Phi) is 3.54. The molecule has 19 heavy (non-hydrogen) atoms. The van der Waals surface area contributed by atoms with Crippen molar-refractivity contribution < 1.29 is 5.11 Å². The highest BCUT2D eigenvalue weighted by molar-refractivity contribution is 5.32. The summed E-state index contributed by atoms with van der Waals surface area (Å²) < 4.78 is 0. The number of nitrogens with zero attached hydrogens (tertiary/aromatic N) is 2. The second-order valence-corrected chi connectivity index (χ2v) is 5.92. The van der Waals surface area contributed by atoms with Gasteiger partial charge >= 0.3 is 0 Å². The van der Waals surface area contributed by atoms with Gasteiger partial charge in [-0.3, -0.25) is 4.90 Å². The summed E-state index contributed by atoms with van der Waals surface area (Å²) in [4.78, 5) is 2.40. The number of hydrogen-bond acceptors (Lipinski definition) is 3. The van der Waals surface area contributed by atoms with E-state index in [1.54, 1.807) is 12.1 Å². The average molecular weight is 256 g/mol. The number of likely N-dealkylation sites (tertiary alicyclic amines) is 1. The minimum Gasteiger partial charge on any atom is -0.387 e. The van der Waals surface area contributed by atoms with Crippen LogP contribution in [-0.2, 0) is 0 Å². The van der Waals surface area contributed by atoms with Gasteiger partial charge in [0.2, 0.25) is 0 Å². The minimum absolute atomic E-state index is 0.438. The summed E-state index contributed by atoms with van der Waals surface area (Å²) in [7, 11) is 0. The van der Waals surface area contributed by atoms with Crippen LogP contribution in [0.2, 0.25) is 0 Å². The van der Waals surface area contributed by atoms with Crippen molar-refractivity contribution in [1.29, 1.82) is 5.26 Å². The maximum Gasteiger partial charge on any atom is 0.0991 e. The summed E-state index contributed by atoms with van der Waals surface area (Å²) in [6.07, 6.45) is 3.69. The van der Waals surface area contributed by atoms with Gasteiger partial charge in [0.15, 0.2) is 0 Å². The van der Waals surface area contributed by atoms with Crippen molar-refractivity contribution in [3.8, 4) is 6.07 Å².